The van der Waals surface area contributed by atoms with Gasteiger partial charge < -0.3 is 0 Å². The van der Waals surface area contributed by atoms with Gasteiger partial charge in [0.15, 0.2) is 0 Å². The first kappa shape index (κ1) is 18.0. The van der Waals surface area contributed by atoms with Gasteiger partial charge >= 0.3 is 0 Å². The highest BCUT2D eigenvalue weighted by Gasteiger charge is 2.29. The van der Waals surface area contributed by atoms with Crippen LogP contribution in [0, 0.1) is 34.5 Å². The third-order valence-electron chi connectivity index (χ3n) is 5.78. The fourth-order valence-electron chi connectivity index (χ4n) is 4.19. The SMILES string of the molecule is N#C[C@@H]1Cc2cc3nc(-c4ccccc4)c(-c4ccccc4)nc3cc2C[C@H]1C#N. The lowest BCUT2D eigenvalue weighted by Gasteiger charge is -2.24. The quantitative estimate of drug-likeness (QED) is 0.466. The molecule has 1 heterocycles. The lowest BCUT2D eigenvalue weighted by atomic mass is 9.77. The summed E-state index contributed by atoms with van der Waals surface area (Å²) >= 11 is 0. The zero-order chi connectivity index (χ0) is 20.5. The third kappa shape index (κ3) is 3.09. The van der Waals surface area contributed by atoms with E-state index in [9.17, 15) is 10.5 Å². The van der Waals surface area contributed by atoms with Crippen LogP contribution >= 0.6 is 0 Å². The normalized spacial score (nSPS) is 17.7. The summed E-state index contributed by atoms with van der Waals surface area (Å²) in [6.07, 6.45) is 1.17. The highest BCUT2D eigenvalue weighted by molar-refractivity contribution is 5.87. The number of benzene rings is 3. The zero-order valence-corrected chi connectivity index (χ0v) is 16.3. The van der Waals surface area contributed by atoms with Crippen LogP contribution in [0.5, 0.6) is 0 Å². The van der Waals surface area contributed by atoms with Gasteiger partial charge in [0.25, 0.3) is 0 Å². The minimum atomic E-state index is -0.273. The van der Waals surface area contributed by atoms with Crippen LogP contribution in [0.2, 0.25) is 0 Å². The molecule has 4 aromatic rings. The van der Waals surface area contributed by atoms with Crippen molar-refractivity contribution in [3.05, 3.63) is 83.9 Å². The van der Waals surface area contributed by atoms with E-state index < -0.39 is 0 Å². The van der Waals surface area contributed by atoms with Gasteiger partial charge in [-0.3, -0.25) is 0 Å². The maximum Gasteiger partial charge on any atom is 0.0973 e. The van der Waals surface area contributed by atoms with E-state index in [1.54, 1.807) is 0 Å². The number of rotatable bonds is 2. The molecule has 142 valence electrons. The second-order valence-corrected chi connectivity index (χ2v) is 7.64. The Morgan fingerprint density at radius 2 is 1.03 bits per heavy atom. The predicted molar refractivity (Wildman–Crippen MR) is 116 cm³/mol. The first-order valence-corrected chi connectivity index (χ1v) is 10.0. The van der Waals surface area contributed by atoms with E-state index in [2.05, 4.69) is 24.3 Å². The van der Waals surface area contributed by atoms with E-state index in [0.29, 0.717) is 12.8 Å². The van der Waals surface area contributed by atoms with E-state index in [0.717, 1.165) is 44.7 Å². The van der Waals surface area contributed by atoms with Crippen molar-refractivity contribution in [3.8, 4) is 34.7 Å². The molecule has 0 saturated heterocycles. The van der Waals surface area contributed by atoms with Gasteiger partial charge in [0.1, 0.15) is 0 Å². The molecule has 0 unspecified atom stereocenters. The van der Waals surface area contributed by atoms with Crippen molar-refractivity contribution in [3.63, 3.8) is 0 Å². The molecule has 4 nitrogen and oxygen atoms in total. The molecule has 1 aliphatic carbocycles. The van der Waals surface area contributed by atoms with Gasteiger partial charge in [0.2, 0.25) is 0 Å². The molecule has 0 bridgehead atoms. The van der Waals surface area contributed by atoms with Crippen LogP contribution in [0.25, 0.3) is 33.5 Å². The molecule has 30 heavy (non-hydrogen) atoms. The summed E-state index contributed by atoms with van der Waals surface area (Å²) < 4.78 is 0. The number of fused-ring (bicyclic) bond motifs is 2. The van der Waals surface area contributed by atoms with Crippen molar-refractivity contribution in [2.45, 2.75) is 12.8 Å². The summed E-state index contributed by atoms with van der Waals surface area (Å²) in [6.45, 7) is 0. The standard InChI is InChI=1S/C26H18N4/c27-15-21-11-19-13-23-24(14-20(19)12-22(21)16-28)30-26(18-9-5-2-6-10-18)25(29-23)17-7-3-1-4-8-17/h1-10,13-14,21-22H,11-12H2/t21-,22-/m0/s1. The molecule has 2 atom stereocenters. The minimum absolute atomic E-state index is 0.273. The summed E-state index contributed by atoms with van der Waals surface area (Å²) in [5.74, 6) is -0.546. The Balaban J connectivity index is 1.73. The van der Waals surface area contributed by atoms with Crippen LogP contribution in [-0.4, -0.2) is 9.97 Å². The molecule has 1 aromatic heterocycles. The maximum absolute atomic E-state index is 9.46. The highest BCUT2D eigenvalue weighted by atomic mass is 14.8. The average Bonchev–Trinajstić information content (AvgIpc) is 2.82. The van der Waals surface area contributed by atoms with Crippen molar-refractivity contribution in [2.75, 3.05) is 0 Å². The number of aromatic nitrogens is 2. The summed E-state index contributed by atoms with van der Waals surface area (Å²) in [5, 5.41) is 18.9. The van der Waals surface area contributed by atoms with E-state index in [4.69, 9.17) is 9.97 Å². The molecule has 0 spiro atoms. The molecule has 5 rings (SSSR count). The first-order chi connectivity index (χ1) is 14.8. The fourth-order valence-corrected chi connectivity index (χ4v) is 4.19. The van der Waals surface area contributed by atoms with Crippen molar-refractivity contribution >= 4 is 11.0 Å². The lowest BCUT2D eigenvalue weighted by Crippen LogP contribution is -2.23. The van der Waals surface area contributed by atoms with Crippen molar-refractivity contribution in [1.29, 1.82) is 10.5 Å². The Labute approximate surface area is 175 Å². The lowest BCUT2D eigenvalue weighted by molar-refractivity contribution is 0.461. The Kier molecular flexibility index (Phi) is 4.46. The Morgan fingerprint density at radius 1 is 0.633 bits per heavy atom. The molecule has 0 amide bonds. The molecule has 0 fully saturated rings. The van der Waals surface area contributed by atoms with Gasteiger partial charge in [-0.15, -0.1) is 0 Å². The molecule has 0 radical (unpaired) electrons. The Hall–Kier alpha value is -4.02. The number of nitrogens with zero attached hydrogens (tertiary/aromatic N) is 4. The van der Waals surface area contributed by atoms with E-state index in [-0.39, 0.29) is 11.8 Å². The van der Waals surface area contributed by atoms with Gasteiger partial charge in [-0.2, -0.15) is 10.5 Å². The summed E-state index contributed by atoms with van der Waals surface area (Å²) in [5.41, 5.74) is 7.56. The van der Waals surface area contributed by atoms with Crippen molar-refractivity contribution in [2.24, 2.45) is 11.8 Å². The average molecular weight is 386 g/mol. The van der Waals surface area contributed by atoms with Crippen LogP contribution in [0.15, 0.2) is 72.8 Å². The van der Waals surface area contributed by atoms with Crippen LogP contribution in [0.1, 0.15) is 11.1 Å². The Morgan fingerprint density at radius 3 is 1.40 bits per heavy atom. The highest BCUT2D eigenvalue weighted by Crippen LogP contribution is 2.35. The molecule has 0 aliphatic heterocycles. The van der Waals surface area contributed by atoms with Gasteiger partial charge in [-0.1, -0.05) is 60.7 Å². The number of hydrogen-bond donors (Lipinski definition) is 0. The van der Waals surface area contributed by atoms with Gasteiger partial charge in [0, 0.05) is 11.1 Å². The summed E-state index contributed by atoms with van der Waals surface area (Å²) in [6, 6.07) is 28.9. The van der Waals surface area contributed by atoms with E-state index >= 15 is 0 Å². The largest absolute Gasteiger partial charge is 0.244 e. The molecule has 1 aliphatic rings. The van der Waals surface area contributed by atoms with Crippen molar-refractivity contribution in [1.82, 2.24) is 9.97 Å². The smallest absolute Gasteiger partial charge is 0.0973 e. The second kappa shape index (κ2) is 7.43. The molecular weight excluding hydrogens is 368 g/mol. The van der Waals surface area contributed by atoms with Crippen LogP contribution < -0.4 is 0 Å². The molecule has 3 aromatic carbocycles. The monoisotopic (exact) mass is 386 g/mol. The van der Waals surface area contributed by atoms with E-state index in [1.807, 2.05) is 60.7 Å². The maximum atomic E-state index is 9.46. The van der Waals surface area contributed by atoms with Crippen LogP contribution in [-0.2, 0) is 12.8 Å². The van der Waals surface area contributed by atoms with Crippen molar-refractivity contribution < 1.29 is 0 Å². The second-order valence-electron chi connectivity index (χ2n) is 7.64. The molecule has 0 N–H and O–H groups in total. The fraction of sp³-hybridized carbons (Fsp3) is 0.154. The topological polar surface area (TPSA) is 73.4 Å². The zero-order valence-electron chi connectivity index (χ0n) is 16.3. The molecule has 0 saturated carbocycles. The number of nitriles is 2. The van der Waals surface area contributed by atoms with Crippen LogP contribution in [0.4, 0.5) is 0 Å². The predicted octanol–water partition coefficient (Wildman–Crippen LogP) is 5.34. The summed E-state index contributed by atoms with van der Waals surface area (Å²) in [7, 11) is 0. The van der Waals surface area contributed by atoms with E-state index in [1.165, 1.54) is 0 Å². The van der Waals surface area contributed by atoms with Gasteiger partial charge in [-0.05, 0) is 36.1 Å². The summed E-state index contributed by atoms with van der Waals surface area (Å²) in [4.78, 5) is 10.0. The molecular formula is C26H18N4. The Bertz CT molecular complexity index is 1210. The molecule has 4 heteroatoms. The third-order valence-corrected chi connectivity index (χ3v) is 5.78. The van der Waals surface area contributed by atoms with Gasteiger partial charge in [0.05, 0.1) is 46.4 Å². The minimum Gasteiger partial charge on any atom is -0.244 e. The van der Waals surface area contributed by atoms with Gasteiger partial charge in [-0.25, -0.2) is 9.97 Å². The first-order valence-electron chi connectivity index (χ1n) is 10.0. The van der Waals surface area contributed by atoms with Crippen LogP contribution in [0.3, 0.4) is 0 Å². The number of hydrogen-bond acceptors (Lipinski definition) is 4.